The molecule has 1 fully saturated rings. The van der Waals surface area contributed by atoms with E-state index in [1.165, 1.54) is 30.0 Å². The van der Waals surface area contributed by atoms with Gasteiger partial charge in [0, 0.05) is 12.6 Å². The number of hydrogen-bond acceptors (Lipinski definition) is 9. The fraction of sp³-hybridized carbons (Fsp3) is 0.346. The van der Waals surface area contributed by atoms with Crippen LogP contribution in [0.4, 0.5) is 16.2 Å². The van der Waals surface area contributed by atoms with Crippen LogP contribution < -0.4 is 16.0 Å². The lowest BCUT2D eigenvalue weighted by Gasteiger charge is -2.25. The van der Waals surface area contributed by atoms with Crippen LogP contribution in [0.5, 0.6) is 0 Å². The molecule has 5 N–H and O–H groups in total. The molecule has 0 aliphatic carbocycles. The molecule has 3 amide bonds. The van der Waals surface area contributed by atoms with Gasteiger partial charge in [-0.3, -0.25) is 24.5 Å². The Morgan fingerprint density at radius 2 is 1.71 bits per heavy atom. The Morgan fingerprint density at radius 3 is 2.34 bits per heavy atom. The Bertz CT molecular complexity index is 1240. The van der Waals surface area contributed by atoms with Gasteiger partial charge in [-0.25, -0.2) is 9.59 Å². The van der Waals surface area contributed by atoms with Gasteiger partial charge in [-0.2, -0.15) is 0 Å². The second kappa shape index (κ2) is 16.0. The molecule has 2 aromatic carbocycles. The smallest absolute Gasteiger partial charge is 0.407 e. The number of para-hydroxylation sites is 2. The first kappa shape index (κ1) is 32.0. The molecule has 0 radical (unpaired) electrons. The van der Waals surface area contributed by atoms with E-state index in [0.717, 1.165) is 5.56 Å². The van der Waals surface area contributed by atoms with E-state index < -0.39 is 46.9 Å². The molecular formula is C26H31N5O10. The maximum atomic E-state index is 12.3. The highest BCUT2D eigenvalue weighted by Gasteiger charge is 2.36. The maximum Gasteiger partial charge on any atom is 0.407 e. The predicted octanol–water partition coefficient (Wildman–Crippen LogP) is 1.58. The third-order valence-corrected chi connectivity index (χ3v) is 5.71. The minimum atomic E-state index is -1.07. The van der Waals surface area contributed by atoms with Crippen molar-refractivity contribution in [3.63, 3.8) is 0 Å². The number of aliphatic carboxylic acids is 2. The summed E-state index contributed by atoms with van der Waals surface area (Å²) in [6, 6.07) is 13.2. The van der Waals surface area contributed by atoms with Gasteiger partial charge in [0.05, 0.1) is 4.92 Å². The lowest BCUT2D eigenvalue weighted by Crippen LogP contribution is -2.51. The molecule has 3 rings (SSSR count). The Morgan fingerprint density at radius 1 is 1.05 bits per heavy atom. The van der Waals surface area contributed by atoms with Crippen LogP contribution in [-0.4, -0.2) is 81.6 Å². The highest BCUT2D eigenvalue weighted by atomic mass is 16.6. The average Bonchev–Trinajstić information content (AvgIpc) is 3.45. The van der Waals surface area contributed by atoms with E-state index in [9.17, 15) is 34.1 Å². The summed E-state index contributed by atoms with van der Waals surface area (Å²) < 4.78 is 4.98. The van der Waals surface area contributed by atoms with Gasteiger partial charge >= 0.3 is 18.0 Å². The molecule has 1 aliphatic heterocycles. The van der Waals surface area contributed by atoms with Crippen molar-refractivity contribution in [2.45, 2.75) is 38.5 Å². The van der Waals surface area contributed by atoms with E-state index in [4.69, 9.17) is 14.9 Å². The van der Waals surface area contributed by atoms with Crippen LogP contribution in [0.2, 0.25) is 0 Å². The van der Waals surface area contributed by atoms with E-state index in [1.807, 2.05) is 18.2 Å². The predicted molar refractivity (Wildman–Crippen MR) is 144 cm³/mol. The van der Waals surface area contributed by atoms with Crippen LogP contribution in [0.3, 0.4) is 0 Å². The number of carbonyl (C=O) groups is 5. The Balaban J connectivity index is 0.000000353. The van der Waals surface area contributed by atoms with Crippen molar-refractivity contribution in [2.75, 3.05) is 25.0 Å². The quantitative estimate of drug-likeness (QED) is 0.192. The molecule has 0 bridgehead atoms. The number of nitrogens with one attached hydrogen (secondary N) is 3. The van der Waals surface area contributed by atoms with Gasteiger partial charge in [0.2, 0.25) is 11.8 Å². The minimum absolute atomic E-state index is 0.0781. The molecule has 0 aromatic heterocycles. The summed E-state index contributed by atoms with van der Waals surface area (Å²) in [4.78, 5) is 68.4. The number of anilines is 1. The van der Waals surface area contributed by atoms with Gasteiger partial charge in [0.1, 0.15) is 37.5 Å². The number of rotatable bonds is 11. The van der Waals surface area contributed by atoms with Gasteiger partial charge in [-0.05, 0) is 31.4 Å². The number of carbonyl (C=O) groups excluding carboxylic acids is 3. The van der Waals surface area contributed by atoms with Crippen LogP contribution in [0, 0.1) is 10.1 Å². The summed E-state index contributed by atoms with van der Waals surface area (Å²) in [7, 11) is 0. The van der Waals surface area contributed by atoms with Crippen molar-refractivity contribution in [1.29, 1.82) is 0 Å². The molecule has 1 aliphatic rings. The standard InChI is InChI=1S/C18H23N3O6.C8H8N2O4/c1-12(16(23)21-9-5-8-14(21)17(24)25)20-15(22)10-19-18(26)27-11-13-6-3-2-4-7-13;11-8(12)5-9-6-3-1-2-4-7(6)10(13)14/h2-4,6-7,12,14H,5,8-11H2,1H3,(H,19,26)(H,20,22)(H,24,25);1-4,9H,5H2,(H,11,12)/t12-,14-;/m0./s1. The van der Waals surface area contributed by atoms with Crippen molar-refractivity contribution >= 4 is 41.2 Å². The van der Waals surface area contributed by atoms with E-state index in [-0.39, 0.29) is 31.1 Å². The lowest BCUT2D eigenvalue weighted by molar-refractivity contribution is -0.383. The number of amides is 3. The third-order valence-electron chi connectivity index (χ3n) is 5.71. The fourth-order valence-corrected chi connectivity index (χ4v) is 3.77. The molecule has 2 aromatic rings. The number of likely N-dealkylation sites (tertiary alicyclic amines) is 1. The average molecular weight is 574 g/mol. The van der Waals surface area contributed by atoms with Gasteiger partial charge in [0.15, 0.2) is 0 Å². The van der Waals surface area contributed by atoms with Crippen molar-refractivity contribution in [3.05, 3.63) is 70.3 Å². The van der Waals surface area contributed by atoms with Crippen molar-refractivity contribution in [3.8, 4) is 0 Å². The number of carboxylic acid groups (broad SMARTS) is 2. The Hall–Kier alpha value is -5.21. The Kier molecular flexibility index (Phi) is 12.5. The third kappa shape index (κ3) is 10.8. The first-order chi connectivity index (χ1) is 19.5. The molecule has 220 valence electrons. The van der Waals surface area contributed by atoms with Crippen LogP contribution in [0.15, 0.2) is 54.6 Å². The summed E-state index contributed by atoms with van der Waals surface area (Å²) >= 11 is 0. The topological polar surface area (TPSA) is 218 Å². The molecule has 15 nitrogen and oxygen atoms in total. The van der Waals surface area contributed by atoms with Crippen molar-refractivity contribution in [2.24, 2.45) is 0 Å². The number of alkyl carbamates (subject to hydrolysis) is 1. The molecule has 0 saturated carbocycles. The summed E-state index contributed by atoms with van der Waals surface area (Å²) in [5.74, 6) is -3.15. The zero-order valence-corrected chi connectivity index (χ0v) is 22.1. The van der Waals surface area contributed by atoms with Crippen LogP contribution in [0.25, 0.3) is 0 Å². The zero-order chi connectivity index (χ0) is 30.4. The van der Waals surface area contributed by atoms with Crippen molar-refractivity contribution in [1.82, 2.24) is 15.5 Å². The fourth-order valence-electron chi connectivity index (χ4n) is 3.77. The molecule has 1 heterocycles. The zero-order valence-electron chi connectivity index (χ0n) is 22.1. The number of hydrogen-bond donors (Lipinski definition) is 5. The van der Waals surface area contributed by atoms with Gasteiger partial charge in [-0.1, -0.05) is 42.5 Å². The molecule has 1 saturated heterocycles. The SMILES string of the molecule is C[C@H](NC(=O)CNC(=O)OCc1ccccc1)C(=O)N1CCC[C@H]1C(=O)O.O=C(O)CNc1ccccc1[N+](=O)[O-]. The highest BCUT2D eigenvalue weighted by molar-refractivity contribution is 5.91. The number of nitrogens with zero attached hydrogens (tertiary/aromatic N) is 2. The van der Waals surface area contributed by atoms with Crippen LogP contribution in [0.1, 0.15) is 25.3 Å². The monoisotopic (exact) mass is 573 g/mol. The molecular weight excluding hydrogens is 542 g/mol. The maximum absolute atomic E-state index is 12.3. The summed E-state index contributed by atoms with van der Waals surface area (Å²) in [5.41, 5.74) is 0.892. The van der Waals surface area contributed by atoms with Crippen LogP contribution >= 0.6 is 0 Å². The Labute approximate surface area is 234 Å². The second-order valence-corrected chi connectivity index (χ2v) is 8.75. The molecule has 0 unspecified atom stereocenters. The number of nitro benzene ring substituents is 1. The van der Waals surface area contributed by atoms with E-state index in [0.29, 0.717) is 19.4 Å². The summed E-state index contributed by atoms with van der Waals surface area (Å²) in [6.07, 6.45) is 0.257. The second-order valence-electron chi connectivity index (χ2n) is 8.75. The first-order valence-electron chi connectivity index (χ1n) is 12.5. The minimum Gasteiger partial charge on any atom is -0.480 e. The number of nitro groups is 1. The van der Waals surface area contributed by atoms with Gasteiger partial charge in [-0.15, -0.1) is 0 Å². The van der Waals surface area contributed by atoms with Crippen molar-refractivity contribution < 1.29 is 43.8 Å². The largest absolute Gasteiger partial charge is 0.480 e. The summed E-state index contributed by atoms with van der Waals surface area (Å²) in [6.45, 7) is 1.21. The molecule has 0 spiro atoms. The first-order valence-corrected chi connectivity index (χ1v) is 12.5. The van der Waals surface area contributed by atoms with E-state index in [2.05, 4.69) is 16.0 Å². The molecule has 2 atom stereocenters. The normalized spacial score (nSPS) is 14.5. The summed E-state index contributed by atoms with van der Waals surface area (Å²) in [5, 5.41) is 35.2. The lowest BCUT2D eigenvalue weighted by atomic mass is 10.2. The number of benzene rings is 2. The number of carboxylic acids is 2. The van der Waals surface area contributed by atoms with Crippen LogP contribution in [-0.2, 0) is 30.5 Å². The van der Waals surface area contributed by atoms with E-state index in [1.54, 1.807) is 18.2 Å². The van der Waals surface area contributed by atoms with Gasteiger partial charge < -0.3 is 35.8 Å². The number of ether oxygens (including phenoxy) is 1. The van der Waals surface area contributed by atoms with E-state index >= 15 is 0 Å². The molecule has 15 heteroatoms. The molecule has 41 heavy (non-hydrogen) atoms. The van der Waals surface area contributed by atoms with Gasteiger partial charge in [0.25, 0.3) is 5.69 Å². The highest BCUT2D eigenvalue weighted by Crippen LogP contribution is 2.22.